The van der Waals surface area contributed by atoms with Gasteiger partial charge >= 0.3 is 0 Å². The van der Waals surface area contributed by atoms with Gasteiger partial charge in [-0.1, -0.05) is 13.8 Å². The minimum absolute atomic E-state index is 0.249. The third kappa shape index (κ3) is 2.72. The molecular weight excluding hydrogens is 190 g/mol. The van der Waals surface area contributed by atoms with E-state index in [1.807, 2.05) is 4.68 Å². The van der Waals surface area contributed by atoms with Crippen molar-refractivity contribution in [2.45, 2.75) is 46.1 Å². The summed E-state index contributed by atoms with van der Waals surface area (Å²) in [6.45, 7) is 5.26. The lowest BCUT2D eigenvalue weighted by atomic mass is 10.2. The molecule has 0 bridgehead atoms. The normalized spacial score (nSPS) is 10.9. The summed E-state index contributed by atoms with van der Waals surface area (Å²) in [5.74, 6) is 0. The van der Waals surface area contributed by atoms with Gasteiger partial charge in [0.1, 0.15) is 0 Å². The molecule has 86 valence electrons. The molecule has 15 heavy (non-hydrogen) atoms. The summed E-state index contributed by atoms with van der Waals surface area (Å²) in [5, 5.41) is 13.2. The van der Waals surface area contributed by atoms with Gasteiger partial charge in [0.2, 0.25) is 0 Å². The van der Waals surface area contributed by atoms with Crippen LogP contribution in [-0.4, -0.2) is 21.5 Å². The number of rotatable bonds is 6. The molecule has 0 saturated heterocycles. The van der Waals surface area contributed by atoms with Gasteiger partial charge in [0.05, 0.1) is 17.1 Å². The second kappa shape index (κ2) is 5.75. The van der Waals surface area contributed by atoms with Crippen LogP contribution in [0.15, 0.2) is 0 Å². The Hall–Kier alpha value is -1.03. The maximum atomic E-state index is 8.72. The van der Waals surface area contributed by atoms with Crippen LogP contribution in [0.2, 0.25) is 0 Å². The number of anilines is 1. The number of hydrogen-bond donors (Lipinski definition) is 2. The van der Waals surface area contributed by atoms with Crippen molar-refractivity contribution in [2.24, 2.45) is 0 Å². The van der Waals surface area contributed by atoms with Crippen molar-refractivity contribution < 1.29 is 5.11 Å². The van der Waals surface area contributed by atoms with Crippen LogP contribution >= 0.6 is 0 Å². The van der Waals surface area contributed by atoms with Crippen LogP contribution in [0.3, 0.4) is 0 Å². The molecule has 0 aromatic carbocycles. The van der Waals surface area contributed by atoms with Crippen molar-refractivity contribution in [3.63, 3.8) is 0 Å². The zero-order valence-electron chi connectivity index (χ0n) is 9.66. The average Bonchev–Trinajstić information content (AvgIpc) is 2.55. The van der Waals surface area contributed by atoms with E-state index in [0.29, 0.717) is 0 Å². The van der Waals surface area contributed by atoms with E-state index in [0.717, 1.165) is 49.3 Å². The monoisotopic (exact) mass is 211 g/mol. The molecule has 4 heteroatoms. The molecule has 0 saturated carbocycles. The molecule has 3 N–H and O–H groups in total. The topological polar surface area (TPSA) is 64.1 Å². The van der Waals surface area contributed by atoms with Crippen molar-refractivity contribution >= 4 is 5.69 Å². The predicted octanol–water partition coefficient (Wildman–Crippen LogP) is 1.36. The molecule has 0 aliphatic carbocycles. The summed E-state index contributed by atoms with van der Waals surface area (Å²) < 4.78 is 1.99. The summed E-state index contributed by atoms with van der Waals surface area (Å²) in [6, 6.07) is 0. The summed E-state index contributed by atoms with van der Waals surface area (Å²) in [6.07, 6.45) is 3.57. The molecule has 1 rings (SSSR count). The minimum Gasteiger partial charge on any atom is -0.396 e. The maximum Gasteiger partial charge on any atom is 0.0854 e. The van der Waals surface area contributed by atoms with Crippen molar-refractivity contribution in [1.82, 2.24) is 9.78 Å². The smallest absolute Gasteiger partial charge is 0.0854 e. The highest BCUT2D eigenvalue weighted by molar-refractivity contribution is 5.48. The number of aromatic nitrogens is 2. The van der Waals surface area contributed by atoms with Crippen LogP contribution in [0.1, 0.15) is 38.1 Å². The summed E-state index contributed by atoms with van der Waals surface area (Å²) in [4.78, 5) is 0. The molecule has 0 radical (unpaired) electrons. The molecule has 4 nitrogen and oxygen atoms in total. The van der Waals surface area contributed by atoms with E-state index in [-0.39, 0.29) is 6.61 Å². The highest BCUT2D eigenvalue weighted by Gasteiger charge is 2.11. The second-order valence-corrected chi connectivity index (χ2v) is 3.67. The van der Waals surface area contributed by atoms with Crippen molar-refractivity contribution in [3.05, 3.63) is 11.4 Å². The number of aliphatic hydroxyl groups is 1. The zero-order valence-corrected chi connectivity index (χ0v) is 9.66. The summed E-state index contributed by atoms with van der Waals surface area (Å²) >= 11 is 0. The van der Waals surface area contributed by atoms with E-state index in [1.165, 1.54) is 0 Å². The highest BCUT2D eigenvalue weighted by atomic mass is 16.2. The molecule has 1 aromatic heterocycles. The fraction of sp³-hybridized carbons (Fsp3) is 0.727. The molecular formula is C11H21N3O. The molecule has 0 aliphatic heterocycles. The van der Waals surface area contributed by atoms with Crippen molar-refractivity contribution in [2.75, 3.05) is 12.3 Å². The molecule has 1 aromatic rings. The first-order valence-corrected chi connectivity index (χ1v) is 5.69. The van der Waals surface area contributed by atoms with Gasteiger partial charge in [-0.15, -0.1) is 0 Å². The third-order valence-corrected chi connectivity index (χ3v) is 2.62. The van der Waals surface area contributed by atoms with Crippen molar-refractivity contribution in [3.8, 4) is 0 Å². The van der Waals surface area contributed by atoms with Gasteiger partial charge in [-0.05, 0) is 25.7 Å². The Kier molecular flexibility index (Phi) is 4.62. The third-order valence-electron chi connectivity index (χ3n) is 2.62. The van der Waals surface area contributed by atoms with E-state index in [1.54, 1.807) is 0 Å². The molecule has 0 aliphatic rings. The fourth-order valence-corrected chi connectivity index (χ4v) is 1.76. The van der Waals surface area contributed by atoms with Crippen molar-refractivity contribution in [1.29, 1.82) is 0 Å². The first-order valence-electron chi connectivity index (χ1n) is 5.69. The largest absolute Gasteiger partial charge is 0.396 e. The number of aliphatic hydroxyl groups excluding tert-OH is 1. The first-order chi connectivity index (χ1) is 7.24. The first kappa shape index (κ1) is 12.0. The van der Waals surface area contributed by atoms with Gasteiger partial charge in [-0.2, -0.15) is 5.10 Å². The number of nitrogen functional groups attached to an aromatic ring is 1. The lowest BCUT2D eigenvalue weighted by Gasteiger charge is -2.05. The summed E-state index contributed by atoms with van der Waals surface area (Å²) in [5.41, 5.74) is 8.97. The Morgan fingerprint density at radius 3 is 2.53 bits per heavy atom. The lowest BCUT2D eigenvalue weighted by Crippen LogP contribution is -2.06. The average molecular weight is 211 g/mol. The molecule has 0 atom stereocenters. The standard InChI is InChI=1S/C11H21N3O/c1-3-9-11(12)10(4-2)14(13-9)7-5-6-8-15/h15H,3-8,12H2,1-2H3. The Morgan fingerprint density at radius 2 is 2.00 bits per heavy atom. The zero-order chi connectivity index (χ0) is 11.3. The van der Waals surface area contributed by atoms with E-state index in [4.69, 9.17) is 10.8 Å². The van der Waals surface area contributed by atoms with E-state index in [9.17, 15) is 0 Å². The minimum atomic E-state index is 0.249. The van der Waals surface area contributed by atoms with Crippen LogP contribution in [-0.2, 0) is 19.4 Å². The van der Waals surface area contributed by atoms with Gasteiger partial charge in [-0.3, -0.25) is 4.68 Å². The number of unbranched alkanes of at least 4 members (excludes halogenated alkanes) is 1. The molecule has 0 unspecified atom stereocenters. The highest BCUT2D eigenvalue weighted by Crippen LogP contribution is 2.18. The van der Waals surface area contributed by atoms with E-state index in [2.05, 4.69) is 18.9 Å². The van der Waals surface area contributed by atoms with Gasteiger partial charge < -0.3 is 10.8 Å². The van der Waals surface area contributed by atoms with Crippen LogP contribution in [0, 0.1) is 0 Å². The molecule has 0 fully saturated rings. The van der Waals surface area contributed by atoms with Crippen LogP contribution < -0.4 is 5.73 Å². The van der Waals surface area contributed by atoms with Gasteiger partial charge in [0.15, 0.2) is 0 Å². The van der Waals surface area contributed by atoms with Gasteiger partial charge in [0, 0.05) is 13.2 Å². The van der Waals surface area contributed by atoms with Crippen LogP contribution in [0.4, 0.5) is 5.69 Å². The van der Waals surface area contributed by atoms with E-state index >= 15 is 0 Å². The SMILES string of the molecule is CCc1nn(CCCCO)c(CC)c1N. The molecule has 1 heterocycles. The maximum absolute atomic E-state index is 8.72. The van der Waals surface area contributed by atoms with Gasteiger partial charge in [-0.25, -0.2) is 0 Å². The predicted molar refractivity (Wildman–Crippen MR) is 61.7 cm³/mol. The number of nitrogens with zero attached hydrogens (tertiary/aromatic N) is 2. The fourth-order valence-electron chi connectivity index (χ4n) is 1.76. The lowest BCUT2D eigenvalue weighted by molar-refractivity contribution is 0.279. The Morgan fingerprint density at radius 1 is 1.27 bits per heavy atom. The molecule has 0 spiro atoms. The second-order valence-electron chi connectivity index (χ2n) is 3.67. The van der Waals surface area contributed by atoms with Gasteiger partial charge in [0.25, 0.3) is 0 Å². The van der Waals surface area contributed by atoms with Crippen LogP contribution in [0.5, 0.6) is 0 Å². The Labute approximate surface area is 91.1 Å². The molecule has 0 amide bonds. The summed E-state index contributed by atoms with van der Waals surface area (Å²) in [7, 11) is 0. The van der Waals surface area contributed by atoms with Crippen LogP contribution in [0.25, 0.3) is 0 Å². The number of aryl methyl sites for hydroxylation is 2. The van der Waals surface area contributed by atoms with E-state index < -0.39 is 0 Å². The Bertz CT molecular complexity index is 307. The Balaban J connectivity index is 2.77. The quantitative estimate of drug-likeness (QED) is 0.698. The number of nitrogens with two attached hydrogens (primary N) is 1. The number of hydrogen-bond acceptors (Lipinski definition) is 3.